The normalized spacial score (nSPS) is 11.1. The zero-order chi connectivity index (χ0) is 13.4. The van der Waals surface area contributed by atoms with Gasteiger partial charge in [-0.25, -0.2) is 13.8 Å². The summed E-state index contributed by atoms with van der Waals surface area (Å²) in [6.45, 7) is 0.467. The van der Waals surface area contributed by atoms with Gasteiger partial charge in [-0.1, -0.05) is 30.3 Å². The summed E-state index contributed by atoms with van der Waals surface area (Å²) in [7, 11) is 0. The summed E-state index contributed by atoms with van der Waals surface area (Å²) in [6, 6.07) is 11.8. The summed E-state index contributed by atoms with van der Waals surface area (Å²) < 4.78 is 28.1. The minimum Gasteiger partial charge on any atom is -0.369 e. The number of hydrogen-bond acceptors (Lipinski definition) is 2. The Morgan fingerprint density at radius 1 is 1.05 bits per heavy atom. The molecule has 19 heavy (non-hydrogen) atoms. The fraction of sp³-hybridized carbons (Fsp3) is 0.0714. The van der Waals surface area contributed by atoms with Crippen molar-refractivity contribution in [2.45, 2.75) is 6.54 Å². The number of nitrogens with two attached hydrogens (primary N) is 1. The number of aromatic nitrogens is 2. The maximum absolute atomic E-state index is 13.3. The Morgan fingerprint density at radius 3 is 2.47 bits per heavy atom. The minimum atomic E-state index is -0.920. The molecule has 0 saturated carbocycles. The van der Waals surface area contributed by atoms with Gasteiger partial charge in [0.25, 0.3) is 0 Å². The molecule has 0 unspecified atom stereocenters. The van der Waals surface area contributed by atoms with Crippen molar-refractivity contribution in [2.75, 3.05) is 5.73 Å². The molecular formula is C14H11F2N3. The summed E-state index contributed by atoms with van der Waals surface area (Å²) in [5.41, 5.74) is 7.66. The second kappa shape index (κ2) is 4.35. The summed E-state index contributed by atoms with van der Waals surface area (Å²) in [5, 5.41) is 0. The molecule has 2 aromatic carbocycles. The van der Waals surface area contributed by atoms with Crippen molar-refractivity contribution in [2.24, 2.45) is 0 Å². The van der Waals surface area contributed by atoms with Gasteiger partial charge < -0.3 is 10.3 Å². The SMILES string of the molecule is Nc1nc2cc(F)c(F)cc2n1Cc1ccccc1. The van der Waals surface area contributed by atoms with Crippen LogP contribution in [0.3, 0.4) is 0 Å². The molecule has 96 valence electrons. The third-order valence-electron chi connectivity index (χ3n) is 3.00. The second-order valence-corrected chi connectivity index (χ2v) is 4.30. The first kappa shape index (κ1) is 11.6. The maximum Gasteiger partial charge on any atom is 0.201 e. The zero-order valence-corrected chi connectivity index (χ0v) is 9.98. The summed E-state index contributed by atoms with van der Waals surface area (Å²) >= 11 is 0. The maximum atomic E-state index is 13.3. The van der Waals surface area contributed by atoms with Crippen molar-refractivity contribution in [1.29, 1.82) is 0 Å². The topological polar surface area (TPSA) is 43.8 Å². The van der Waals surface area contributed by atoms with E-state index >= 15 is 0 Å². The number of halogens is 2. The molecule has 0 aliphatic carbocycles. The number of imidazole rings is 1. The van der Waals surface area contributed by atoms with E-state index in [0.29, 0.717) is 17.6 Å². The van der Waals surface area contributed by atoms with Gasteiger partial charge >= 0.3 is 0 Å². The van der Waals surface area contributed by atoms with E-state index in [1.165, 1.54) is 0 Å². The van der Waals surface area contributed by atoms with Gasteiger partial charge in [-0.15, -0.1) is 0 Å². The Balaban J connectivity index is 2.13. The smallest absolute Gasteiger partial charge is 0.201 e. The van der Waals surface area contributed by atoms with Crippen LogP contribution in [-0.2, 0) is 6.54 Å². The van der Waals surface area contributed by atoms with Crippen molar-refractivity contribution in [3.63, 3.8) is 0 Å². The second-order valence-electron chi connectivity index (χ2n) is 4.30. The highest BCUT2D eigenvalue weighted by molar-refractivity contribution is 5.78. The lowest BCUT2D eigenvalue weighted by Gasteiger charge is -2.06. The Bertz CT molecular complexity index is 735. The van der Waals surface area contributed by atoms with Gasteiger partial charge in [-0.3, -0.25) is 0 Å². The lowest BCUT2D eigenvalue weighted by molar-refractivity contribution is 0.510. The third-order valence-corrected chi connectivity index (χ3v) is 3.00. The van der Waals surface area contributed by atoms with Gasteiger partial charge in [0, 0.05) is 12.1 Å². The third kappa shape index (κ3) is 2.03. The van der Waals surface area contributed by atoms with E-state index in [2.05, 4.69) is 4.98 Å². The van der Waals surface area contributed by atoms with E-state index < -0.39 is 11.6 Å². The van der Waals surface area contributed by atoms with Crippen molar-refractivity contribution in [3.05, 3.63) is 59.7 Å². The Hall–Kier alpha value is -2.43. The van der Waals surface area contributed by atoms with Crippen LogP contribution in [0.1, 0.15) is 5.56 Å². The van der Waals surface area contributed by atoms with Gasteiger partial charge in [-0.05, 0) is 5.56 Å². The van der Waals surface area contributed by atoms with E-state index in [1.54, 1.807) is 4.57 Å². The number of rotatable bonds is 2. The first-order valence-electron chi connectivity index (χ1n) is 5.80. The molecule has 2 N–H and O–H groups in total. The highest BCUT2D eigenvalue weighted by Crippen LogP contribution is 2.22. The molecular weight excluding hydrogens is 248 g/mol. The molecule has 0 amide bonds. The van der Waals surface area contributed by atoms with Crippen LogP contribution in [0.15, 0.2) is 42.5 Å². The number of anilines is 1. The van der Waals surface area contributed by atoms with Crippen molar-refractivity contribution in [1.82, 2.24) is 9.55 Å². The van der Waals surface area contributed by atoms with Crippen LogP contribution >= 0.6 is 0 Å². The van der Waals surface area contributed by atoms with Crippen LogP contribution in [-0.4, -0.2) is 9.55 Å². The number of benzene rings is 2. The average molecular weight is 259 g/mol. The van der Waals surface area contributed by atoms with E-state index in [4.69, 9.17) is 5.73 Å². The van der Waals surface area contributed by atoms with Crippen molar-refractivity contribution in [3.8, 4) is 0 Å². The van der Waals surface area contributed by atoms with Crippen LogP contribution in [0.2, 0.25) is 0 Å². The average Bonchev–Trinajstić information content (AvgIpc) is 2.68. The van der Waals surface area contributed by atoms with Gasteiger partial charge in [-0.2, -0.15) is 0 Å². The molecule has 0 aliphatic rings. The lowest BCUT2D eigenvalue weighted by Crippen LogP contribution is -2.04. The number of hydrogen-bond donors (Lipinski definition) is 1. The summed E-state index contributed by atoms with van der Waals surface area (Å²) in [6.07, 6.45) is 0. The molecule has 0 spiro atoms. The van der Waals surface area contributed by atoms with E-state index in [9.17, 15) is 8.78 Å². The monoisotopic (exact) mass is 259 g/mol. The van der Waals surface area contributed by atoms with E-state index in [0.717, 1.165) is 17.7 Å². The van der Waals surface area contributed by atoms with Crippen LogP contribution in [0, 0.1) is 11.6 Å². The van der Waals surface area contributed by atoms with E-state index in [-0.39, 0.29) is 5.95 Å². The van der Waals surface area contributed by atoms with Gasteiger partial charge in [0.15, 0.2) is 11.6 Å². The Labute approximate surface area is 108 Å². The molecule has 5 heteroatoms. The quantitative estimate of drug-likeness (QED) is 0.769. The largest absolute Gasteiger partial charge is 0.369 e. The molecule has 0 radical (unpaired) electrons. The van der Waals surface area contributed by atoms with Gasteiger partial charge in [0.1, 0.15) is 0 Å². The standard InChI is InChI=1S/C14H11F2N3/c15-10-6-12-13(7-11(10)16)19(14(17)18-12)8-9-4-2-1-3-5-9/h1-7H,8H2,(H2,17,18). The highest BCUT2D eigenvalue weighted by Gasteiger charge is 2.12. The molecule has 1 heterocycles. The van der Waals surface area contributed by atoms with Gasteiger partial charge in [0.05, 0.1) is 17.6 Å². The molecule has 0 saturated heterocycles. The van der Waals surface area contributed by atoms with E-state index in [1.807, 2.05) is 30.3 Å². The Morgan fingerprint density at radius 2 is 1.74 bits per heavy atom. The highest BCUT2D eigenvalue weighted by atomic mass is 19.2. The van der Waals surface area contributed by atoms with Crippen molar-refractivity contribution >= 4 is 17.0 Å². The molecule has 3 rings (SSSR count). The van der Waals surface area contributed by atoms with Crippen LogP contribution in [0.25, 0.3) is 11.0 Å². The first-order valence-corrected chi connectivity index (χ1v) is 5.80. The van der Waals surface area contributed by atoms with Gasteiger partial charge in [0.2, 0.25) is 5.95 Å². The van der Waals surface area contributed by atoms with Crippen LogP contribution in [0.4, 0.5) is 14.7 Å². The summed E-state index contributed by atoms with van der Waals surface area (Å²) in [5.74, 6) is -1.58. The number of nitrogen functional groups attached to an aromatic ring is 1. The molecule has 3 aromatic rings. The predicted octanol–water partition coefficient (Wildman–Crippen LogP) is 2.95. The molecule has 0 fully saturated rings. The minimum absolute atomic E-state index is 0.240. The fourth-order valence-corrected chi connectivity index (χ4v) is 2.07. The molecule has 0 aliphatic heterocycles. The van der Waals surface area contributed by atoms with Crippen LogP contribution in [0.5, 0.6) is 0 Å². The lowest BCUT2D eigenvalue weighted by atomic mass is 10.2. The van der Waals surface area contributed by atoms with Crippen LogP contribution < -0.4 is 5.73 Å². The predicted molar refractivity (Wildman–Crippen MR) is 69.6 cm³/mol. The Kier molecular flexibility index (Phi) is 2.67. The molecule has 0 bridgehead atoms. The summed E-state index contributed by atoms with van der Waals surface area (Å²) in [4.78, 5) is 4.05. The fourth-order valence-electron chi connectivity index (χ4n) is 2.07. The molecule has 0 atom stereocenters. The first-order chi connectivity index (χ1) is 9.15. The van der Waals surface area contributed by atoms with Crippen molar-refractivity contribution < 1.29 is 8.78 Å². The number of fused-ring (bicyclic) bond motifs is 1. The zero-order valence-electron chi connectivity index (χ0n) is 9.98. The molecule has 3 nitrogen and oxygen atoms in total. The number of nitrogens with zero attached hydrogens (tertiary/aromatic N) is 2. The molecule has 1 aromatic heterocycles.